The molecule has 0 radical (unpaired) electrons. The van der Waals surface area contributed by atoms with Crippen LogP contribution in [-0.2, 0) is 13.6 Å². The normalized spacial score (nSPS) is 13.2. The van der Waals surface area contributed by atoms with Crippen molar-refractivity contribution in [2.24, 2.45) is 18.0 Å². The minimum atomic E-state index is 0.678. The average molecular weight is 307 g/mol. The number of guanidine groups is 1. The molecule has 5 heteroatoms. The third-order valence-corrected chi connectivity index (χ3v) is 4.00. The fourth-order valence-electron chi connectivity index (χ4n) is 2.44. The summed E-state index contributed by atoms with van der Waals surface area (Å²) in [6, 6.07) is 2.01. The molecule has 0 aliphatic carbocycles. The minimum absolute atomic E-state index is 0.678. The Hall–Kier alpha value is -1.52. The van der Waals surface area contributed by atoms with Gasteiger partial charge in [0.1, 0.15) is 0 Å². The Morgan fingerprint density at radius 2 is 2.05 bits per heavy atom. The number of hydrogen-bond acceptors (Lipinski definition) is 2. The zero-order valence-corrected chi connectivity index (χ0v) is 14.7. The van der Waals surface area contributed by atoms with Crippen molar-refractivity contribution in [3.05, 3.63) is 18.0 Å². The van der Waals surface area contributed by atoms with E-state index < -0.39 is 0 Å². The van der Waals surface area contributed by atoms with E-state index in [0.717, 1.165) is 24.7 Å². The quantitative estimate of drug-likeness (QED) is 0.397. The van der Waals surface area contributed by atoms with Crippen LogP contribution in [0.4, 0.5) is 0 Å². The van der Waals surface area contributed by atoms with Crippen LogP contribution in [0.1, 0.15) is 58.1 Å². The van der Waals surface area contributed by atoms with Crippen LogP contribution in [0.25, 0.3) is 0 Å². The molecule has 0 aromatic carbocycles. The molecule has 0 fully saturated rings. The van der Waals surface area contributed by atoms with E-state index in [1.165, 1.54) is 38.5 Å². The molecule has 1 aromatic heterocycles. The van der Waals surface area contributed by atoms with E-state index in [4.69, 9.17) is 0 Å². The molecule has 0 saturated carbocycles. The third kappa shape index (κ3) is 7.48. The number of aliphatic imine (C=N–C) groups is 1. The molecule has 1 atom stereocenters. The van der Waals surface area contributed by atoms with Gasteiger partial charge in [-0.25, -0.2) is 0 Å². The Balaban J connectivity index is 2.16. The SMILES string of the molecule is CCCCCCCC(C)CNC(=NC)NCc1ccnn1C. The van der Waals surface area contributed by atoms with Crippen molar-refractivity contribution in [3.63, 3.8) is 0 Å². The summed E-state index contributed by atoms with van der Waals surface area (Å²) in [5, 5.41) is 10.9. The van der Waals surface area contributed by atoms with Gasteiger partial charge >= 0.3 is 0 Å². The molecule has 1 heterocycles. The molecule has 0 saturated heterocycles. The van der Waals surface area contributed by atoms with Crippen LogP contribution in [0.15, 0.2) is 17.3 Å². The Bertz CT molecular complexity index is 424. The lowest BCUT2D eigenvalue weighted by Gasteiger charge is -2.16. The highest BCUT2D eigenvalue weighted by Crippen LogP contribution is 2.10. The lowest BCUT2D eigenvalue weighted by atomic mass is 10.0. The predicted octanol–water partition coefficient (Wildman–Crippen LogP) is 3.08. The Kier molecular flexibility index (Phi) is 9.35. The van der Waals surface area contributed by atoms with Crippen molar-refractivity contribution in [2.45, 2.75) is 58.9 Å². The number of aryl methyl sites for hydroxylation is 1. The first-order chi connectivity index (χ1) is 10.7. The molecule has 0 spiro atoms. The number of unbranched alkanes of at least 4 members (excludes halogenated alkanes) is 4. The van der Waals surface area contributed by atoms with Crippen molar-refractivity contribution >= 4 is 5.96 Å². The summed E-state index contributed by atoms with van der Waals surface area (Å²) in [4.78, 5) is 4.27. The first-order valence-electron chi connectivity index (χ1n) is 8.58. The van der Waals surface area contributed by atoms with Gasteiger partial charge in [0, 0.05) is 26.8 Å². The van der Waals surface area contributed by atoms with E-state index in [-0.39, 0.29) is 0 Å². The van der Waals surface area contributed by atoms with E-state index in [2.05, 4.69) is 34.6 Å². The van der Waals surface area contributed by atoms with Gasteiger partial charge in [-0.2, -0.15) is 5.10 Å². The maximum absolute atomic E-state index is 4.27. The molecular weight excluding hydrogens is 274 g/mol. The molecular formula is C17H33N5. The highest BCUT2D eigenvalue weighted by molar-refractivity contribution is 5.79. The smallest absolute Gasteiger partial charge is 0.191 e. The van der Waals surface area contributed by atoms with E-state index in [1.54, 1.807) is 0 Å². The van der Waals surface area contributed by atoms with Gasteiger partial charge in [-0.15, -0.1) is 0 Å². The van der Waals surface area contributed by atoms with Crippen LogP contribution in [0, 0.1) is 5.92 Å². The number of aromatic nitrogens is 2. The van der Waals surface area contributed by atoms with Gasteiger partial charge in [0.25, 0.3) is 0 Å². The lowest BCUT2D eigenvalue weighted by Crippen LogP contribution is -2.39. The molecule has 5 nitrogen and oxygen atoms in total. The van der Waals surface area contributed by atoms with Crippen molar-refractivity contribution in [1.82, 2.24) is 20.4 Å². The zero-order valence-electron chi connectivity index (χ0n) is 14.7. The maximum atomic E-state index is 4.27. The number of rotatable bonds is 10. The summed E-state index contributed by atoms with van der Waals surface area (Å²) in [6.45, 7) is 6.28. The van der Waals surface area contributed by atoms with Crippen LogP contribution in [0.3, 0.4) is 0 Å². The molecule has 126 valence electrons. The Morgan fingerprint density at radius 1 is 1.27 bits per heavy atom. The minimum Gasteiger partial charge on any atom is -0.356 e. The highest BCUT2D eigenvalue weighted by atomic mass is 15.3. The molecule has 22 heavy (non-hydrogen) atoms. The first kappa shape index (κ1) is 18.5. The third-order valence-electron chi connectivity index (χ3n) is 4.00. The van der Waals surface area contributed by atoms with Crippen molar-refractivity contribution in [2.75, 3.05) is 13.6 Å². The molecule has 1 unspecified atom stereocenters. The lowest BCUT2D eigenvalue weighted by molar-refractivity contribution is 0.477. The van der Waals surface area contributed by atoms with Gasteiger partial charge in [-0.1, -0.05) is 46.0 Å². The monoisotopic (exact) mass is 307 g/mol. The molecule has 0 bridgehead atoms. The van der Waals surface area contributed by atoms with Crippen LogP contribution in [-0.4, -0.2) is 29.3 Å². The molecule has 0 aliphatic heterocycles. The van der Waals surface area contributed by atoms with Crippen LogP contribution in [0.2, 0.25) is 0 Å². The fraction of sp³-hybridized carbons (Fsp3) is 0.765. The average Bonchev–Trinajstić information content (AvgIpc) is 2.92. The van der Waals surface area contributed by atoms with Crippen molar-refractivity contribution < 1.29 is 0 Å². The van der Waals surface area contributed by atoms with Crippen molar-refractivity contribution in [3.8, 4) is 0 Å². The molecule has 2 N–H and O–H groups in total. The topological polar surface area (TPSA) is 54.2 Å². The molecule has 0 amide bonds. The summed E-state index contributed by atoms with van der Waals surface area (Å²) in [5.74, 6) is 1.54. The number of hydrogen-bond donors (Lipinski definition) is 2. The first-order valence-corrected chi connectivity index (χ1v) is 8.58. The van der Waals surface area contributed by atoms with E-state index in [1.807, 2.05) is 31.0 Å². The second-order valence-electron chi connectivity index (χ2n) is 6.06. The largest absolute Gasteiger partial charge is 0.356 e. The molecule has 0 aliphatic rings. The van der Waals surface area contributed by atoms with Crippen molar-refractivity contribution in [1.29, 1.82) is 0 Å². The zero-order chi connectivity index (χ0) is 16.2. The Morgan fingerprint density at radius 3 is 2.68 bits per heavy atom. The predicted molar refractivity (Wildman–Crippen MR) is 93.9 cm³/mol. The second-order valence-corrected chi connectivity index (χ2v) is 6.06. The number of nitrogens with zero attached hydrogens (tertiary/aromatic N) is 3. The summed E-state index contributed by atoms with van der Waals surface area (Å²) in [6.07, 6.45) is 9.87. The molecule has 1 aromatic rings. The highest BCUT2D eigenvalue weighted by Gasteiger charge is 2.05. The fourth-order valence-corrected chi connectivity index (χ4v) is 2.44. The van der Waals surface area contributed by atoms with Gasteiger partial charge in [0.15, 0.2) is 5.96 Å². The van der Waals surface area contributed by atoms with Gasteiger partial charge in [-0.05, 0) is 18.4 Å². The summed E-state index contributed by atoms with van der Waals surface area (Å²) in [7, 11) is 3.77. The van der Waals surface area contributed by atoms with E-state index in [0.29, 0.717) is 5.92 Å². The van der Waals surface area contributed by atoms with Gasteiger partial charge in [0.05, 0.1) is 12.2 Å². The summed E-state index contributed by atoms with van der Waals surface area (Å²) >= 11 is 0. The van der Waals surface area contributed by atoms with Gasteiger partial charge < -0.3 is 10.6 Å². The summed E-state index contributed by atoms with van der Waals surface area (Å²) in [5.41, 5.74) is 1.15. The van der Waals surface area contributed by atoms with Crippen LogP contribution < -0.4 is 10.6 Å². The molecule has 1 rings (SSSR count). The van der Waals surface area contributed by atoms with E-state index >= 15 is 0 Å². The second kappa shape index (κ2) is 11.1. The van der Waals surface area contributed by atoms with Gasteiger partial charge in [-0.3, -0.25) is 9.67 Å². The standard InChI is InChI=1S/C17H33N5/c1-5-6-7-8-9-10-15(2)13-19-17(18-3)20-14-16-11-12-21-22(16)4/h11-12,15H,5-10,13-14H2,1-4H3,(H2,18,19,20). The van der Waals surface area contributed by atoms with E-state index in [9.17, 15) is 0 Å². The maximum Gasteiger partial charge on any atom is 0.191 e. The summed E-state index contributed by atoms with van der Waals surface area (Å²) < 4.78 is 1.87. The Labute approximate surface area is 135 Å². The van der Waals surface area contributed by atoms with Crippen LogP contribution in [0.5, 0.6) is 0 Å². The van der Waals surface area contributed by atoms with Gasteiger partial charge in [0.2, 0.25) is 0 Å². The number of nitrogens with one attached hydrogen (secondary N) is 2. The van der Waals surface area contributed by atoms with Crippen LogP contribution >= 0.6 is 0 Å².